The first-order valence-corrected chi connectivity index (χ1v) is 7.03. The first kappa shape index (κ1) is 10.8. The van der Waals surface area contributed by atoms with Crippen LogP contribution >= 0.6 is 11.6 Å². The molecular weight excluding hydrogens is 246 g/mol. The van der Waals surface area contributed by atoms with Gasteiger partial charge in [0.05, 0.1) is 17.8 Å². The smallest absolute Gasteiger partial charge is 0.0899 e. The molecule has 3 fully saturated rings. The Balaban J connectivity index is 1.69. The van der Waals surface area contributed by atoms with Gasteiger partial charge in [-0.2, -0.15) is 5.10 Å². The minimum atomic E-state index is 0.279. The maximum absolute atomic E-state index is 6.10. The lowest BCUT2D eigenvalue weighted by Crippen LogP contribution is -2.56. The Morgan fingerprint density at radius 3 is 2.89 bits per heavy atom. The molecule has 3 nitrogen and oxygen atoms in total. The third kappa shape index (κ3) is 1.50. The second-order valence-electron chi connectivity index (χ2n) is 5.45. The molecule has 18 heavy (non-hydrogen) atoms. The third-order valence-corrected chi connectivity index (χ3v) is 4.74. The molecule has 4 heteroatoms. The fourth-order valence-electron chi connectivity index (χ4n) is 3.61. The molecular formula is C14H16ClN3. The molecule has 2 bridgehead atoms. The van der Waals surface area contributed by atoms with E-state index in [4.69, 9.17) is 11.6 Å². The Labute approximate surface area is 112 Å². The van der Waals surface area contributed by atoms with Gasteiger partial charge in [-0.25, -0.2) is 0 Å². The van der Waals surface area contributed by atoms with Crippen LogP contribution < -0.4 is 5.43 Å². The zero-order valence-electron chi connectivity index (χ0n) is 10.1. The Kier molecular flexibility index (Phi) is 2.39. The summed E-state index contributed by atoms with van der Waals surface area (Å²) in [4.78, 5) is 2.57. The molecule has 0 amide bonds. The average Bonchev–Trinajstić information content (AvgIpc) is 2.87. The molecule has 0 aromatic heterocycles. The predicted molar refractivity (Wildman–Crippen MR) is 72.8 cm³/mol. The van der Waals surface area contributed by atoms with Crippen molar-refractivity contribution in [2.24, 2.45) is 11.0 Å². The highest BCUT2D eigenvalue weighted by molar-refractivity contribution is 6.30. The molecule has 0 radical (unpaired) electrons. The monoisotopic (exact) mass is 261 g/mol. The second-order valence-corrected chi connectivity index (χ2v) is 5.89. The van der Waals surface area contributed by atoms with Gasteiger partial charge in [0.25, 0.3) is 0 Å². The third-order valence-electron chi connectivity index (χ3n) is 4.50. The summed E-state index contributed by atoms with van der Waals surface area (Å²) in [7, 11) is 0. The number of fused-ring (bicyclic) bond motifs is 2. The molecule has 4 heterocycles. The van der Waals surface area contributed by atoms with Crippen molar-refractivity contribution < 1.29 is 0 Å². The largest absolute Gasteiger partial charge is 0.301 e. The van der Waals surface area contributed by atoms with Gasteiger partial charge in [0, 0.05) is 10.9 Å². The number of hydrogen-bond acceptors (Lipinski definition) is 3. The molecule has 1 aromatic rings. The van der Waals surface area contributed by atoms with Crippen molar-refractivity contribution in [3.05, 3.63) is 34.9 Å². The fraction of sp³-hybridized carbons (Fsp3) is 0.500. The summed E-state index contributed by atoms with van der Waals surface area (Å²) in [6, 6.07) is 8.88. The van der Waals surface area contributed by atoms with Crippen LogP contribution in [0.15, 0.2) is 29.4 Å². The zero-order valence-corrected chi connectivity index (χ0v) is 10.9. The van der Waals surface area contributed by atoms with Gasteiger partial charge in [-0.1, -0.05) is 23.7 Å². The molecule has 4 aliphatic rings. The number of benzene rings is 1. The van der Waals surface area contributed by atoms with E-state index in [9.17, 15) is 0 Å². The van der Waals surface area contributed by atoms with E-state index in [-0.39, 0.29) is 6.04 Å². The minimum absolute atomic E-state index is 0.279. The van der Waals surface area contributed by atoms with Crippen LogP contribution in [0.4, 0.5) is 0 Å². The number of rotatable bonds is 1. The van der Waals surface area contributed by atoms with Crippen molar-refractivity contribution in [2.75, 3.05) is 13.1 Å². The predicted octanol–water partition coefficient (Wildman–Crippen LogP) is 2.43. The first-order valence-electron chi connectivity index (χ1n) is 6.65. The van der Waals surface area contributed by atoms with E-state index in [1.54, 1.807) is 0 Å². The normalized spacial score (nSPS) is 37.1. The summed E-state index contributed by atoms with van der Waals surface area (Å²) in [5, 5.41) is 5.41. The summed E-state index contributed by atoms with van der Waals surface area (Å²) in [6.07, 6.45) is 2.55. The molecule has 0 aliphatic carbocycles. The van der Waals surface area contributed by atoms with Crippen molar-refractivity contribution in [3.63, 3.8) is 0 Å². The Morgan fingerprint density at radius 1 is 1.28 bits per heavy atom. The number of halogens is 1. The highest BCUT2D eigenvalue weighted by Crippen LogP contribution is 2.39. The lowest BCUT2D eigenvalue weighted by molar-refractivity contribution is 0.133. The van der Waals surface area contributed by atoms with Crippen LogP contribution in [0.2, 0.25) is 5.02 Å². The second kappa shape index (κ2) is 3.97. The van der Waals surface area contributed by atoms with Gasteiger partial charge in [0.1, 0.15) is 0 Å². The maximum atomic E-state index is 6.10. The van der Waals surface area contributed by atoms with Crippen LogP contribution in [-0.4, -0.2) is 29.7 Å². The van der Waals surface area contributed by atoms with Crippen molar-refractivity contribution >= 4 is 17.3 Å². The van der Waals surface area contributed by atoms with E-state index in [1.165, 1.54) is 37.2 Å². The fourth-order valence-corrected chi connectivity index (χ4v) is 3.81. The van der Waals surface area contributed by atoms with E-state index in [0.717, 1.165) is 5.02 Å². The number of nitrogens with zero attached hydrogens (tertiary/aromatic N) is 2. The van der Waals surface area contributed by atoms with Crippen molar-refractivity contribution in [1.82, 2.24) is 10.3 Å². The molecule has 4 aliphatic heterocycles. The van der Waals surface area contributed by atoms with Crippen LogP contribution in [-0.2, 0) is 0 Å². The lowest BCUT2D eigenvalue weighted by Gasteiger charge is -2.45. The molecule has 1 N–H and O–H groups in total. The topological polar surface area (TPSA) is 27.6 Å². The highest BCUT2D eigenvalue weighted by atomic mass is 35.5. The maximum Gasteiger partial charge on any atom is 0.0899 e. The van der Waals surface area contributed by atoms with Gasteiger partial charge < -0.3 is 5.43 Å². The lowest BCUT2D eigenvalue weighted by atomic mass is 9.78. The summed E-state index contributed by atoms with van der Waals surface area (Å²) >= 11 is 6.10. The average molecular weight is 262 g/mol. The number of nitrogens with one attached hydrogen (secondary N) is 1. The summed E-state index contributed by atoms with van der Waals surface area (Å²) in [6.45, 7) is 2.43. The minimum Gasteiger partial charge on any atom is -0.301 e. The van der Waals surface area contributed by atoms with Crippen LogP contribution in [0.25, 0.3) is 0 Å². The quantitative estimate of drug-likeness (QED) is 0.841. The molecule has 1 aromatic carbocycles. The van der Waals surface area contributed by atoms with E-state index >= 15 is 0 Å². The zero-order chi connectivity index (χ0) is 12.1. The van der Waals surface area contributed by atoms with Gasteiger partial charge in [0.2, 0.25) is 0 Å². The van der Waals surface area contributed by atoms with E-state index < -0.39 is 0 Å². The van der Waals surface area contributed by atoms with Crippen molar-refractivity contribution in [2.45, 2.75) is 24.9 Å². The van der Waals surface area contributed by atoms with Crippen LogP contribution in [0.1, 0.15) is 24.4 Å². The number of piperidine rings is 3. The van der Waals surface area contributed by atoms with Gasteiger partial charge in [0.15, 0.2) is 0 Å². The Morgan fingerprint density at radius 2 is 2.11 bits per heavy atom. The number of hydrazone groups is 1. The number of hydrogen-bond donors (Lipinski definition) is 1. The summed E-state index contributed by atoms with van der Waals surface area (Å²) in [5.74, 6) is 0.705. The van der Waals surface area contributed by atoms with Crippen LogP contribution in [0, 0.1) is 5.92 Å². The van der Waals surface area contributed by atoms with Crippen molar-refractivity contribution in [3.8, 4) is 0 Å². The molecule has 5 rings (SSSR count). The molecule has 0 saturated carbocycles. The van der Waals surface area contributed by atoms with E-state index in [2.05, 4.69) is 27.6 Å². The Bertz CT molecular complexity index is 506. The van der Waals surface area contributed by atoms with E-state index in [0.29, 0.717) is 12.0 Å². The van der Waals surface area contributed by atoms with E-state index in [1.807, 2.05) is 12.1 Å². The molecule has 2 unspecified atom stereocenters. The van der Waals surface area contributed by atoms with Crippen LogP contribution in [0.5, 0.6) is 0 Å². The van der Waals surface area contributed by atoms with Gasteiger partial charge in [-0.05, 0) is 43.6 Å². The van der Waals surface area contributed by atoms with Crippen LogP contribution in [0.3, 0.4) is 0 Å². The first-order chi connectivity index (χ1) is 8.83. The summed E-state index contributed by atoms with van der Waals surface area (Å²) < 4.78 is 0. The molecule has 0 spiro atoms. The molecule has 2 atom stereocenters. The Hall–Kier alpha value is -1.06. The molecule has 94 valence electrons. The summed E-state index contributed by atoms with van der Waals surface area (Å²) in [5.41, 5.74) is 5.95. The van der Waals surface area contributed by atoms with Gasteiger partial charge in [-0.15, -0.1) is 0 Å². The standard InChI is InChI=1S/C14H16ClN3/c15-11-3-1-2-10(8-11)13-14-12(16-17-13)9-4-6-18(14)7-5-9/h1-3,8-9,13-14,17H,4-7H2. The SMILES string of the molecule is Clc1cccc(C2NN=C3C4CCN(CC4)C32)c1. The molecule has 3 saturated heterocycles. The van der Waals surface area contributed by atoms with Crippen molar-refractivity contribution in [1.29, 1.82) is 0 Å². The van der Waals surface area contributed by atoms with Gasteiger partial charge in [-0.3, -0.25) is 4.90 Å². The highest BCUT2D eigenvalue weighted by Gasteiger charge is 2.46. The van der Waals surface area contributed by atoms with Gasteiger partial charge >= 0.3 is 0 Å².